The highest BCUT2D eigenvalue weighted by molar-refractivity contribution is 7.17. The van der Waals surface area contributed by atoms with E-state index in [9.17, 15) is 4.79 Å². The number of carbonyl (C=O) groups excluding carboxylic acids is 1. The highest BCUT2D eigenvalue weighted by Crippen LogP contribution is 2.33. The summed E-state index contributed by atoms with van der Waals surface area (Å²) in [6.07, 6.45) is 0.862. The lowest BCUT2D eigenvalue weighted by Crippen LogP contribution is -2.07. The first kappa shape index (κ1) is 16.0. The molecule has 0 unspecified atom stereocenters. The van der Waals surface area contributed by atoms with Gasteiger partial charge in [0.25, 0.3) is 0 Å². The number of thiazole rings is 1. The number of halogens is 1. The van der Waals surface area contributed by atoms with E-state index < -0.39 is 0 Å². The third kappa shape index (κ3) is 4.05. The molecule has 0 atom stereocenters. The van der Waals surface area contributed by atoms with Crippen LogP contribution in [0.3, 0.4) is 0 Å². The first-order valence-corrected chi connectivity index (χ1v) is 8.08. The van der Waals surface area contributed by atoms with E-state index in [0.29, 0.717) is 28.1 Å². The molecule has 0 spiro atoms. The number of esters is 1. The molecule has 3 nitrogen and oxygen atoms in total. The van der Waals surface area contributed by atoms with Crippen LogP contribution < -0.4 is 0 Å². The zero-order chi connectivity index (χ0) is 15.4. The van der Waals surface area contributed by atoms with Crippen molar-refractivity contribution in [3.63, 3.8) is 0 Å². The van der Waals surface area contributed by atoms with E-state index in [1.54, 1.807) is 0 Å². The molecule has 0 saturated heterocycles. The maximum Gasteiger partial charge on any atom is 0.350 e. The van der Waals surface area contributed by atoms with Crippen LogP contribution in [-0.4, -0.2) is 17.6 Å². The summed E-state index contributed by atoms with van der Waals surface area (Å²) in [4.78, 5) is 17.1. The third-order valence-electron chi connectivity index (χ3n) is 3.01. The Balaban J connectivity index is 2.16. The summed E-state index contributed by atoms with van der Waals surface area (Å²) in [5.41, 5.74) is 1.53. The van der Waals surface area contributed by atoms with Gasteiger partial charge in [-0.1, -0.05) is 43.6 Å². The van der Waals surface area contributed by atoms with Gasteiger partial charge in [-0.25, -0.2) is 9.78 Å². The second-order valence-corrected chi connectivity index (χ2v) is 6.64. The van der Waals surface area contributed by atoms with Gasteiger partial charge in [0.15, 0.2) is 0 Å². The average molecular weight is 324 g/mol. The molecule has 2 rings (SSSR count). The predicted molar refractivity (Wildman–Crippen MR) is 87.0 cm³/mol. The molecule has 0 aliphatic rings. The van der Waals surface area contributed by atoms with Gasteiger partial charge in [0, 0.05) is 5.56 Å². The summed E-state index contributed by atoms with van der Waals surface area (Å²) >= 11 is 7.49. The molecule has 21 heavy (non-hydrogen) atoms. The maximum atomic E-state index is 12.1. The molecule has 0 aliphatic heterocycles. The van der Waals surface area contributed by atoms with Crippen LogP contribution in [0.25, 0.3) is 10.6 Å². The first-order chi connectivity index (χ1) is 9.99. The second-order valence-electron chi connectivity index (χ2n) is 5.23. The van der Waals surface area contributed by atoms with Crippen LogP contribution >= 0.6 is 22.9 Å². The number of aromatic nitrogens is 1. The molecule has 5 heteroatoms. The molecule has 1 heterocycles. The number of carbonyl (C=O) groups is 1. The molecule has 0 fully saturated rings. The summed E-state index contributed by atoms with van der Waals surface area (Å²) in [5.74, 6) is 0.211. The van der Waals surface area contributed by atoms with Crippen molar-refractivity contribution >= 4 is 28.9 Å². The van der Waals surface area contributed by atoms with Crippen molar-refractivity contribution in [2.45, 2.75) is 27.2 Å². The van der Waals surface area contributed by atoms with Crippen molar-refractivity contribution in [1.29, 1.82) is 0 Å². The van der Waals surface area contributed by atoms with Gasteiger partial charge in [0.2, 0.25) is 0 Å². The standard InChI is InChI=1S/C16H18ClNO2S/c1-10(2)8-9-20-16(19)14-11(3)18-15(21-14)12-6-4-5-7-13(12)17/h4-7,10H,8-9H2,1-3H3. The van der Waals surface area contributed by atoms with Crippen molar-refractivity contribution in [1.82, 2.24) is 4.98 Å². The minimum absolute atomic E-state index is 0.302. The number of rotatable bonds is 5. The highest BCUT2D eigenvalue weighted by atomic mass is 35.5. The van der Waals surface area contributed by atoms with Gasteiger partial charge in [0.05, 0.1) is 17.3 Å². The Morgan fingerprint density at radius 2 is 2.10 bits per heavy atom. The van der Waals surface area contributed by atoms with E-state index in [2.05, 4.69) is 18.8 Å². The summed E-state index contributed by atoms with van der Waals surface area (Å²) in [6, 6.07) is 7.48. The van der Waals surface area contributed by atoms with Gasteiger partial charge >= 0.3 is 5.97 Å². The third-order valence-corrected chi connectivity index (χ3v) is 4.51. The molecule has 0 N–H and O–H groups in total. The Hall–Kier alpha value is -1.39. The monoisotopic (exact) mass is 323 g/mol. The van der Waals surface area contributed by atoms with Gasteiger partial charge in [0.1, 0.15) is 9.88 Å². The van der Waals surface area contributed by atoms with Crippen LogP contribution in [0.1, 0.15) is 35.6 Å². The van der Waals surface area contributed by atoms with E-state index >= 15 is 0 Å². The molecular formula is C16H18ClNO2S. The largest absolute Gasteiger partial charge is 0.461 e. The Morgan fingerprint density at radius 3 is 2.76 bits per heavy atom. The zero-order valence-corrected chi connectivity index (χ0v) is 13.9. The van der Waals surface area contributed by atoms with Crippen LogP contribution in [0.2, 0.25) is 5.02 Å². The van der Waals surface area contributed by atoms with E-state index in [-0.39, 0.29) is 5.97 Å². The quantitative estimate of drug-likeness (QED) is 0.729. The van der Waals surface area contributed by atoms with Crippen molar-refractivity contribution in [3.05, 3.63) is 39.9 Å². The minimum Gasteiger partial charge on any atom is -0.461 e. The molecule has 112 valence electrons. The Kier molecular flexibility index (Phi) is 5.37. The van der Waals surface area contributed by atoms with E-state index in [1.807, 2.05) is 31.2 Å². The van der Waals surface area contributed by atoms with Gasteiger partial charge in [-0.3, -0.25) is 0 Å². The van der Waals surface area contributed by atoms with E-state index in [1.165, 1.54) is 11.3 Å². The number of hydrogen-bond donors (Lipinski definition) is 0. The average Bonchev–Trinajstić information content (AvgIpc) is 2.80. The Morgan fingerprint density at radius 1 is 1.38 bits per heavy atom. The van der Waals surface area contributed by atoms with Crippen LogP contribution in [0.15, 0.2) is 24.3 Å². The molecule has 1 aromatic heterocycles. The Labute approximate surface area is 133 Å². The zero-order valence-electron chi connectivity index (χ0n) is 12.4. The number of ether oxygens (including phenoxy) is 1. The van der Waals surface area contributed by atoms with E-state index in [4.69, 9.17) is 16.3 Å². The normalized spacial score (nSPS) is 10.9. The fourth-order valence-electron chi connectivity index (χ4n) is 1.79. The van der Waals surface area contributed by atoms with Crippen molar-refractivity contribution in [3.8, 4) is 10.6 Å². The molecular weight excluding hydrogens is 306 g/mol. The molecule has 2 aromatic rings. The fourth-order valence-corrected chi connectivity index (χ4v) is 3.07. The number of nitrogens with zero attached hydrogens (tertiary/aromatic N) is 1. The molecule has 0 bridgehead atoms. The summed E-state index contributed by atoms with van der Waals surface area (Å²) in [6.45, 7) is 6.45. The lowest BCUT2D eigenvalue weighted by Gasteiger charge is -2.05. The highest BCUT2D eigenvalue weighted by Gasteiger charge is 2.18. The van der Waals surface area contributed by atoms with Crippen LogP contribution in [0, 0.1) is 12.8 Å². The topological polar surface area (TPSA) is 39.2 Å². The lowest BCUT2D eigenvalue weighted by molar-refractivity contribution is 0.0493. The SMILES string of the molecule is Cc1nc(-c2ccccc2Cl)sc1C(=O)OCCC(C)C. The molecule has 0 aliphatic carbocycles. The van der Waals surface area contributed by atoms with E-state index in [0.717, 1.165) is 17.0 Å². The van der Waals surface area contributed by atoms with Crippen molar-refractivity contribution in [2.24, 2.45) is 5.92 Å². The lowest BCUT2D eigenvalue weighted by atomic mass is 10.1. The first-order valence-electron chi connectivity index (χ1n) is 6.88. The minimum atomic E-state index is -0.302. The van der Waals surface area contributed by atoms with Gasteiger partial charge < -0.3 is 4.74 Å². The van der Waals surface area contributed by atoms with Gasteiger partial charge in [-0.15, -0.1) is 11.3 Å². The Bertz CT molecular complexity index is 637. The summed E-state index contributed by atoms with van der Waals surface area (Å²) < 4.78 is 5.30. The summed E-state index contributed by atoms with van der Waals surface area (Å²) in [5, 5.41) is 1.37. The van der Waals surface area contributed by atoms with Gasteiger partial charge in [-0.05, 0) is 25.3 Å². The summed E-state index contributed by atoms with van der Waals surface area (Å²) in [7, 11) is 0. The second kappa shape index (κ2) is 7.05. The van der Waals surface area contributed by atoms with Crippen LogP contribution in [-0.2, 0) is 4.74 Å². The smallest absolute Gasteiger partial charge is 0.350 e. The number of aryl methyl sites for hydroxylation is 1. The molecule has 0 radical (unpaired) electrons. The molecule has 0 amide bonds. The number of hydrogen-bond acceptors (Lipinski definition) is 4. The van der Waals surface area contributed by atoms with Crippen molar-refractivity contribution in [2.75, 3.05) is 6.61 Å². The van der Waals surface area contributed by atoms with Gasteiger partial charge in [-0.2, -0.15) is 0 Å². The van der Waals surface area contributed by atoms with Crippen molar-refractivity contribution < 1.29 is 9.53 Å². The molecule has 0 saturated carbocycles. The number of benzene rings is 1. The predicted octanol–water partition coefficient (Wildman–Crippen LogP) is 4.97. The maximum absolute atomic E-state index is 12.1. The van der Waals surface area contributed by atoms with Crippen LogP contribution in [0.4, 0.5) is 0 Å². The molecule has 1 aromatic carbocycles. The fraction of sp³-hybridized carbons (Fsp3) is 0.375. The van der Waals surface area contributed by atoms with Crippen LogP contribution in [0.5, 0.6) is 0 Å².